The fourth-order valence-corrected chi connectivity index (χ4v) is 2.96. The van der Waals surface area contributed by atoms with Gasteiger partial charge in [-0.15, -0.1) is 11.8 Å². The van der Waals surface area contributed by atoms with Crippen molar-refractivity contribution in [1.82, 2.24) is 0 Å². The Labute approximate surface area is 124 Å². The molecule has 3 rings (SSSR count). The number of rotatable bonds is 4. The number of fused-ring (bicyclic) bond motifs is 1. The van der Waals surface area contributed by atoms with Crippen LogP contribution in [-0.2, 0) is 0 Å². The van der Waals surface area contributed by atoms with Crippen LogP contribution in [0.4, 0.5) is 8.78 Å². The van der Waals surface area contributed by atoms with E-state index in [1.807, 2.05) is 30.3 Å². The molecule has 1 heterocycles. The minimum atomic E-state index is -0.462. The molecule has 3 aromatic rings. The van der Waals surface area contributed by atoms with E-state index in [9.17, 15) is 8.78 Å². The molecule has 0 bridgehead atoms. The number of benzene rings is 2. The van der Waals surface area contributed by atoms with Gasteiger partial charge in [-0.05, 0) is 30.3 Å². The summed E-state index contributed by atoms with van der Waals surface area (Å²) in [5, 5.41) is 0.977. The quantitative estimate of drug-likeness (QED) is 0.721. The molecule has 21 heavy (non-hydrogen) atoms. The summed E-state index contributed by atoms with van der Waals surface area (Å²) in [5.41, 5.74) is 6.83. The van der Waals surface area contributed by atoms with Gasteiger partial charge in [0.1, 0.15) is 23.0 Å². The molecule has 1 atom stereocenters. The van der Waals surface area contributed by atoms with Crippen LogP contribution in [0.3, 0.4) is 0 Å². The zero-order chi connectivity index (χ0) is 14.8. The molecular weight excluding hydrogens is 292 g/mol. The summed E-state index contributed by atoms with van der Waals surface area (Å²) in [5.74, 6) is 0.134. The van der Waals surface area contributed by atoms with Gasteiger partial charge in [-0.2, -0.15) is 0 Å². The van der Waals surface area contributed by atoms with E-state index >= 15 is 0 Å². The summed E-state index contributed by atoms with van der Waals surface area (Å²) in [6.45, 7) is 0. The third-order valence-electron chi connectivity index (χ3n) is 3.12. The van der Waals surface area contributed by atoms with E-state index in [0.29, 0.717) is 11.5 Å². The highest BCUT2D eigenvalue weighted by Gasteiger charge is 2.14. The average Bonchev–Trinajstić information content (AvgIpc) is 2.92. The molecule has 0 fully saturated rings. The van der Waals surface area contributed by atoms with Crippen LogP contribution in [0.25, 0.3) is 11.0 Å². The molecule has 0 aliphatic carbocycles. The van der Waals surface area contributed by atoms with E-state index in [0.717, 1.165) is 23.1 Å². The third-order valence-corrected chi connectivity index (χ3v) is 4.27. The van der Waals surface area contributed by atoms with Crippen molar-refractivity contribution in [1.29, 1.82) is 0 Å². The Morgan fingerprint density at radius 3 is 2.71 bits per heavy atom. The van der Waals surface area contributed by atoms with Crippen molar-refractivity contribution in [3.05, 3.63) is 65.9 Å². The molecule has 1 unspecified atom stereocenters. The molecule has 0 saturated heterocycles. The van der Waals surface area contributed by atoms with Crippen LogP contribution in [0.5, 0.6) is 0 Å². The number of hydrogen-bond acceptors (Lipinski definition) is 3. The lowest BCUT2D eigenvalue weighted by molar-refractivity contribution is 0.515. The number of hydrogen-bond donors (Lipinski definition) is 1. The lowest BCUT2D eigenvalue weighted by Gasteiger charge is -2.08. The van der Waals surface area contributed by atoms with E-state index < -0.39 is 11.6 Å². The molecule has 0 aliphatic rings. The molecule has 2 aromatic carbocycles. The summed E-state index contributed by atoms with van der Waals surface area (Å²) in [4.78, 5) is 0.251. The van der Waals surface area contributed by atoms with Crippen molar-refractivity contribution in [3.8, 4) is 0 Å². The highest BCUT2D eigenvalue weighted by molar-refractivity contribution is 7.99. The zero-order valence-electron chi connectivity index (χ0n) is 11.1. The maximum absolute atomic E-state index is 13.5. The summed E-state index contributed by atoms with van der Waals surface area (Å²) in [7, 11) is 0. The predicted molar refractivity (Wildman–Crippen MR) is 80.2 cm³/mol. The smallest absolute Gasteiger partial charge is 0.136 e. The van der Waals surface area contributed by atoms with Gasteiger partial charge in [0.15, 0.2) is 0 Å². The monoisotopic (exact) mass is 305 g/mol. The van der Waals surface area contributed by atoms with Crippen molar-refractivity contribution in [2.75, 3.05) is 5.75 Å². The Balaban J connectivity index is 1.74. The van der Waals surface area contributed by atoms with Gasteiger partial charge in [0.2, 0.25) is 0 Å². The van der Waals surface area contributed by atoms with E-state index in [4.69, 9.17) is 10.2 Å². The summed E-state index contributed by atoms with van der Waals surface area (Å²) in [6.07, 6.45) is 0. The molecule has 0 aliphatic heterocycles. The lowest BCUT2D eigenvalue weighted by Crippen LogP contribution is -2.12. The Hall–Kier alpha value is -1.85. The average molecular weight is 305 g/mol. The molecule has 0 spiro atoms. The molecule has 0 saturated carbocycles. The van der Waals surface area contributed by atoms with Crippen LogP contribution >= 0.6 is 11.8 Å². The van der Waals surface area contributed by atoms with Gasteiger partial charge in [-0.1, -0.05) is 18.2 Å². The lowest BCUT2D eigenvalue weighted by atomic mass is 10.2. The van der Waals surface area contributed by atoms with Crippen molar-refractivity contribution >= 4 is 22.7 Å². The maximum atomic E-state index is 13.5. The molecule has 2 nitrogen and oxygen atoms in total. The first-order chi connectivity index (χ1) is 10.1. The maximum Gasteiger partial charge on any atom is 0.136 e. The van der Waals surface area contributed by atoms with Gasteiger partial charge in [0.25, 0.3) is 0 Å². The molecule has 5 heteroatoms. The normalized spacial score (nSPS) is 12.7. The van der Waals surface area contributed by atoms with Gasteiger partial charge in [-0.3, -0.25) is 0 Å². The van der Waals surface area contributed by atoms with Gasteiger partial charge in [0, 0.05) is 16.0 Å². The standard InChI is InChI=1S/C16H13F2NOS/c17-11-5-6-12(18)16(8-11)21-9-13(19)15-7-10-3-1-2-4-14(10)20-15/h1-8,13H,9,19H2. The number of halogens is 2. The van der Waals surface area contributed by atoms with Crippen molar-refractivity contribution in [2.24, 2.45) is 5.73 Å². The van der Waals surface area contributed by atoms with Crippen molar-refractivity contribution < 1.29 is 13.2 Å². The van der Waals surface area contributed by atoms with Crippen LogP contribution in [0.2, 0.25) is 0 Å². The Morgan fingerprint density at radius 2 is 1.90 bits per heavy atom. The second-order valence-electron chi connectivity index (χ2n) is 4.68. The summed E-state index contributed by atoms with van der Waals surface area (Å²) >= 11 is 1.17. The fourth-order valence-electron chi connectivity index (χ4n) is 2.03. The van der Waals surface area contributed by atoms with Gasteiger partial charge >= 0.3 is 0 Å². The summed E-state index contributed by atoms with van der Waals surface area (Å²) < 4.78 is 32.3. The minimum absolute atomic E-state index is 0.251. The van der Waals surface area contributed by atoms with E-state index in [2.05, 4.69) is 0 Å². The van der Waals surface area contributed by atoms with E-state index in [1.165, 1.54) is 17.8 Å². The first-order valence-corrected chi connectivity index (χ1v) is 7.44. The van der Waals surface area contributed by atoms with Gasteiger partial charge < -0.3 is 10.2 Å². The number of thioether (sulfide) groups is 1. The zero-order valence-corrected chi connectivity index (χ0v) is 11.9. The third kappa shape index (κ3) is 3.09. The van der Waals surface area contributed by atoms with E-state index in [-0.39, 0.29) is 10.9 Å². The minimum Gasteiger partial charge on any atom is -0.459 e. The molecule has 1 aromatic heterocycles. The fraction of sp³-hybridized carbons (Fsp3) is 0.125. The van der Waals surface area contributed by atoms with Crippen LogP contribution < -0.4 is 5.73 Å². The first kappa shape index (κ1) is 14.1. The second kappa shape index (κ2) is 5.87. The number of para-hydroxylation sites is 1. The molecule has 0 radical (unpaired) electrons. The molecular formula is C16H13F2NOS. The first-order valence-electron chi connectivity index (χ1n) is 6.45. The Bertz CT molecular complexity index is 739. The molecule has 0 amide bonds. The van der Waals surface area contributed by atoms with Crippen LogP contribution in [-0.4, -0.2) is 5.75 Å². The van der Waals surface area contributed by atoms with Gasteiger partial charge in [-0.25, -0.2) is 8.78 Å². The Morgan fingerprint density at radius 1 is 1.10 bits per heavy atom. The van der Waals surface area contributed by atoms with Crippen LogP contribution in [0.15, 0.2) is 57.8 Å². The van der Waals surface area contributed by atoms with Crippen LogP contribution in [0.1, 0.15) is 11.8 Å². The highest BCUT2D eigenvalue weighted by atomic mass is 32.2. The molecule has 108 valence electrons. The Kier molecular flexibility index (Phi) is 3.94. The second-order valence-corrected chi connectivity index (χ2v) is 5.74. The summed E-state index contributed by atoms with van der Waals surface area (Å²) in [6, 6.07) is 12.5. The topological polar surface area (TPSA) is 39.2 Å². The molecule has 2 N–H and O–H groups in total. The van der Waals surface area contributed by atoms with Crippen molar-refractivity contribution in [3.63, 3.8) is 0 Å². The van der Waals surface area contributed by atoms with E-state index in [1.54, 1.807) is 0 Å². The largest absolute Gasteiger partial charge is 0.459 e. The highest BCUT2D eigenvalue weighted by Crippen LogP contribution is 2.29. The van der Waals surface area contributed by atoms with Gasteiger partial charge in [0.05, 0.1) is 6.04 Å². The SMILES string of the molecule is NC(CSc1cc(F)ccc1F)c1cc2ccccc2o1. The van der Waals surface area contributed by atoms with Crippen LogP contribution in [0, 0.1) is 11.6 Å². The number of nitrogens with two attached hydrogens (primary N) is 1. The predicted octanol–water partition coefficient (Wildman–Crippen LogP) is 4.50. The van der Waals surface area contributed by atoms with Crippen molar-refractivity contribution in [2.45, 2.75) is 10.9 Å². The number of furan rings is 1.